The van der Waals surface area contributed by atoms with Gasteiger partial charge in [0.05, 0.1) is 12.0 Å². The largest absolute Gasteiger partial charge is 0.496 e. The SMILES string of the molecule is COc1ccc(S(=O)(=O)NCCNc2cc(N3CCCC3)nc(C)n2)c(C)c1C. The van der Waals surface area contributed by atoms with Crippen molar-refractivity contribution in [3.05, 3.63) is 35.2 Å². The van der Waals surface area contributed by atoms with Crippen LogP contribution in [0.4, 0.5) is 11.6 Å². The number of benzene rings is 1. The van der Waals surface area contributed by atoms with Gasteiger partial charge in [0.25, 0.3) is 0 Å². The predicted molar refractivity (Wildman–Crippen MR) is 114 cm³/mol. The van der Waals surface area contributed by atoms with Crippen molar-refractivity contribution in [1.82, 2.24) is 14.7 Å². The lowest BCUT2D eigenvalue weighted by Crippen LogP contribution is -2.30. The van der Waals surface area contributed by atoms with Crippen molar-refractivity contribution in [3.63, 3.8) is 0 Å². The van der Waals surface area contributed by atoms with Crippen LogP contribution < -0.4 is 19.7 Å². The van der Waals surface area contributed by atoms with Crippen LogP contribution >= 0.6 is 0 Å². The zero-order valence-electron chi connectivity index (χ0n) is 17.4. The second-order valence-electron chi connectivity index (χ2n) is 7.19. The summed E-state index contributed by atoms with van der Waals surface area (Å²) in [6, 6.07) is 5.18. The van der Waals surface area contributed by atoms with Gasteiger partial charge in [0.1, 0.15) is 23.2 Å². The highest BCUT2D eigenvalue weighted by atomic mass is 32.2. The van der Waals surface area contributed by atoms with Crippen LogP contribution in [0, 0.1) is 20.8 Å². The first-order valence-electron chi connectivity index (χ1n) is 9.80. The maximum absolute atomic E-state index is 12.7. The van der Waals surface area contributed by atoms with Gasteiger partial charge in [0, 0.05) is 32.2 Å². The van der Waals surface area contributed by atoms with Gasteiger partial charge in [0.15, 0.2) is 0 Å². The fourth-order valence-corrected chi connectivity index (χ4v) is 4.82. The van der Waals surface area contributed by atoms with E-state index in [1.807, 2.05) is 19.9 Å². The fraction of sp³-hybridized carbons (Fsp3) is 0.500. The van der Waals surface area contributed by atoms with E-state index in [1.165, 1.54) is 12.8 Å². The molecule has 3 rings (SSSR count). The highest BCUT2D eigenvalue weighted by molar-refractivity contribution is 7.89. The van der Waals surface area contributed by atoms with Crippen molar-refractivity contribution < 1.29 is 13.2 Å². The average molecular weight is 420 g/mol. The zero-order chi connectivity index (χ0) is 21.0. The van der Waals surface area contributed by atoms with Crippen LogP contribution in [0.1, 0.15) is 29.8 Å². The van der Waals surface area contributed by atoms with Crippen molar-refractivity contribution in [2.45, 2.75) is 38.5 Å². The zero-order valence-corrected chi connectivity index (χ0v) is 18.3. The molecule has 0 unspecified atom stereocenters. The molecule has 29 heavy (non-hydrogen) atoms. The Morgan fingerprint density at radius 3 is 2.48 bits per heavy atom. The molecule has 2 aromatic rings. The molecule has 1 saturated heterocycles. The molecule has 0 amide bonds. The van der Waals surface area contributed by atoms with Crippen LogP contribution in [0.2, 0.25) is 0 Å². The smallest absolute Gasteiger partial charge is 0.240 e. The van der Waals surface area contributed by atoms with Crippen LogP contribution in [0.3, 0.4) is 0 Å². The third-order valence-electron chi connectivity index (χ3n) is 5.17. The molecule has 2 heterocycles. The summed E-state index contributed by atoms with van der Waals surface area (Å²) in [6.07, 6.45) is 2.36. The molecule has 2 N–H and O–H groups in total. The molecule has 0 saturated carbocycles. The monoisotopic (exact) mass is 419 g/mol. The third kappa shape index (κ3) is 4.97. The Labute approximate surface area is 172 Å². The predicted octanol–water partition coefficient (Wildman–Crippen LogP) is 2.40. The summed E-state index contributed by atoms with van der Waals surface area (Å²) in [6.45, 7) is 8.19. The Kier molecular flexibility index (Phi) is 6.59. The lowest BCUT2D eigenvalue weighted by Gasteiger charge is -2.18. The lowest BCUT2D eigenvalue weighted by atomic mass is 10.1. The van der Waals surface area contributed by atoms with Crippen molar-refractivity contribution in [2.75, 3.05) is 43.5 Å². The van der Waals surface area contributed by atoms with E-state index >= 15 is 0 Å². The van der Waals surface area contributed by atoms with Crippen molar-refractivity contribution in [1.29, 1.82) is 0 Å². The standard InChI is InChI=1S/C20H29N5O3S/c1-14-15(2)18(8-7-17(14)28-4)29(26,27)22-10-9-21-19-13-20(24-16(3)23-19)25-11-5-6-12-25/h7-8,13,22H,5-6,9-12H2,1-4H3,(H,21,23,24). The number of ether oxygens (including phenoxy) is 1. The van der Waals surface area contributed by atoms with E-state index in [-0.39, 0.29) is 11.4 Å². The molecular weight excluding hydrogens is 390 g/mol. The summed E-state index contributed by atoms with van der Waals surface area (Å²) < 4.78 is 33.3. The summed E-state index contributed by atoms with van der Waals surface area (Å²) in [5.41, 5.74) is 1.51. The van der Waals surface area contributed by atoms with Crippen LogP contribution in [-0.4, -0.2) is 51.7 Å². The molecule has 8 nitrogen and oxygen atoms in total. The highest BCUT2D eigenvalue weighted by Gasteiger charge is 2.19. The minimum atomic E-state index is -3.61. The number of nitrogens with one attached hydrogen (secondary N) is 2. The van der Waals surface area contributed by atoms with Crippen molar-refractivity contribution in [2.24, 2.45) is 0 Å². The second kappa shape index (κ2) is 8.96. The van der Waals surface area contributed by atoms with Crippen molar-refractivity contribution >= 4 is 21.7 Å². The van der Waals surface area contributed by atoms with Crippen LogP contribution in [0.5, 0.6) is 5.75 Å². The molecule has 0 atom stereocenters. The number of anilines is 2. The van der Waals surface area contributed by atoms with E-state index in [0.717, 1.165) is 24.5 Å². The van der Waals surface area contributed by atoms with Crippen LogP contribution in [-0.2, 0) is 10.0 Å². The minimum Gasteiger partial charge on any atom is -0.496 e. The molecular formula is C20H29N5O3S. The number of aromatic nitrogens is 2. The Morgan fingerprint density at radius 2 is 1.79 bits per heavy atom. The van der Waals surface area contributed by atoms with Gasteiger partial charge in [-0.25, -0.2) is 23.1 Å². The van der Waals surface area contributed by atoms with Gasteiger partial charge in [-0.3, -0.25) is 0 Å². The third-order valence-corrected chi connectivity index (χ3v) is 6.78. The summed E-state index contributed by atoms with van der Waals surface area (Å²) >= 11 is 0. The summed E-state index contributed by atoms with van der Waals surface area (Å²) in [7, 11) is -2.04. The maximum atomic E-state index is 12.7. The number of rotatable bonds is 8. The van der Waals surface area contributed by atoms with E-state index in [1.54, 1.807) is 26.2 Å². The topological polar surface area (TPSA) is 96.5 Å². The van der Waals surface area contributed by atoms with E-state index in [0.29, 0.717) is 29.5 Å². The van der Waals surface area contributed by atoms with Gasteiger partial charge < -0.3 is 15.0 Å². The van der Waals surface area contributed by atoms with Crippen LogP contribution in [0.25, 0.3) is 0 Å². The molecule has 0 aliphatic carbocycles. The van der Waals surface area contributed by atoms with Gasteiger partial charge in [0.2, 0.25) is 10.0 Å². The molecule has 9 heteroatoms. The lowest BCUT2D eigenvalue weighted by molar-refractivity contribution is 0.410. The van der Waals surface area contributed by atoms with E-state index < -0.39 is 10.0 Å². The van der Waals surface area contributed by atoms with Gasteiger partial charge in [-0.15, -0.1) is 0 Å². The van der Waals surface area contributed by atoms with Crippen LogP contribution in [0.15, 0.2) is 23.1 Å². The van der Waals surface area contributed by atoms with Gasteiger partial charge >= 0.3 is 0 Å². The molecule has 1 aliphatic heterocycles. The number of methoxy groups -OCH3 is 1. The summed E-state index contributed by atoms with van der Waals surface area (Å²) in [4.78, 5) is 11.4. The average Bonchev–Trinajstić information content (AvgIpc) is 3.22. The molecule has 1 aromatic carbocycles. The Hall–Kier alpha value is -2.39. The van der Waals surface area contributed by atoms with Gasteiger partial charge in [-0.05, 0) is 56.9 Å². The fourth-order valence-electron chi connectivity index (χ4n) is 3.49. The first kappa shape index (κ1) is 21.3. The minimum absolute atomic E-state index is 0.245. The molecule has 1 aromatic heterocycles. The molecule has 1 fully saturated rings. The van der Waals surface area contributed by atoms with E-state index in [9.17, 15) is 8.42 Å². The number of hydrogen-bond acceptors (Lipinski definition) is 7. The first-order valence-corrected chi connectivity index (χ1v) is 11.3. The Balaban J connectivity index is 1.61. The Bertz CT molecular complexity index is 972. The molecule has 1 aliphatic rings. The first-order chi connectivity index (χ1) is 13.8. The molecule has 0 bridgehead atoms. The number of hydrogen-bond donors (Lipinski definition) is 2. The number of aryl methyl sites for hydroxylation is 1. The van der Waals surface area contributed by atoms with Gasteiger partial charge in [-0.1, -0.05) is 0 Å². The quantitative estimate of drug-likeness (QED) is 0.634. The number of nitrogens with zero attached hydrogens (tertiary/aromatic N) is 3. The summed E-state index contributed by atoms with van der Waals surface area (Å²) in [5.74, 6) is 3.00. The Morgan fingerprint density at radius 1 is 1.07 bits per heavy atom. The maximum Gasteiger partial charge on any atom is 0.240 e. The molecule has 0 spiro atoms. The highest BCUT2D eigenvalue weighted by Crippen LogP contribution is 2.26. The summed E-state index contributed by atoms with van der Waals surface area (Å²) in [5, 5.41) is 3.19. The van der Waals surface area contributed by atoms with E-state index in [2.05, 4.69) is 24.9 Å². The normalized spacial score (nSPS) is 14.3. The number of sulfonamides is 1. The van der Waals surface area contributed by atoms with Crippen molar-refractivity contribution in [3.8, 4) is 5.75 Å². The van der Waals surface area contributed by atoms with Gasteiger partial charge in [-0.2, -0.15) is 0 Å². The molecule has 158 valence electrons. The second-order valence-corrected chi connectivity index (χ2v) is 8.93. The molecule has 0 radical (unpaired) electrons. The van der Waals surface area contributed by atoms with E-state index in [4.69, 9.17) is 4.74 Å².